The van der Waals surface area contributed by atoms with Gasteiger partial charge in [0.1, 0.15) is 18.1 Å². The fourth-order valence-corrected chi connectivity index (χ4v) is 3.01. The Balaban J connectivity index is 0.00000161. The van der Waals surface area contributed by atoms with Crippen LogP contribution in [0, 0.1) is 4.77 Å². The van der Waals surface area contributed by atoms with E-state index in [1.165, 1.54) is 0 Å². The van der Waals surface area contributed by atoms with Gasteiger partial charge in [0, 0.05) is 24.7 Å². The molecule has 0 unspecified atom stereocenters. The summed E-state index contributed by atoms with van der Waals surface area (Å²) in [7, 11) is 0. The molecule has 0 fully saturated rings. The Morgan fingerprint density at radius 3 is 3.05 bits per heavy atom. The Kier molecular flexibility index (Phi) is 4.92. The van der Waals surface area contributed by atoms with Gasteiger partial charge in [0.2, 0.25) is 0 Å². The van der Waals surface area contributed by atoms with Crippen LogP contribution in [0.1, 0.15) is 17.3 Å². The molecule has 0 saturated carbocycles. The number of phenolic OH excluding ortho intramolecular Hbond substituents is 1. The lowest BCUT2D eigenvalue weighted by Crippen LogP contribution is -2.26. The Morgan fingerprint density at radius 1 is 1.48 bits per heavy atom. The standard InChI is InChI=1S/C14H17N3O2S.ClH/c15-4-3-10-7-16-14(20)17(10)11-5-9-6-12(18)1-2-13(9)19-8-11;/h1-2,6-7,11,18H,3-5,8,15H2,(H,16,20);1H/t11-;/m1./s1. The van der Waals surface area contributed by atoms with Gasteiger partial charge in [-0.25, -0.2) is 0 Å². The van der Waals surface area contributed by atoms with Crippen LogP contribution in [-0.2, 0) is 12.8 Å². The summed E-state index contributed by atoms with van der Waals surface area (Å²) in [6, 6.07) is 5.32. The van der Waals surface area contributed by atoms with Gasteiger partial charge in [-0.1, -0.05) is 0 Å². The maximum absolute atomic E-state index is 9.59. The fraction of sp³-hybridized carbons (Fsp3) is 0.357. The average molecular weight is 328 g/mol. The lowest BCUT2D eigenvalue weighted by molar-refractivity contribution is 0.220. The van der Waals surface area contributed by atoms with Crippen LogP contribution in [0.4, 0.5) is 0 Å². The molecule has 0 bridgehead atoms. The molecule has 0 saturated heterocycles. The van der Waals surface area contributed by atoms with Crippen LogP contribution in [0.3, 0.4) is 0 Å². The lowest BCUT2D eigenvalue weighted by atomic mass is 10.0. The Bertz CT molecular complexity index is 683. The van der Waals surface area contributed by atoms with Gasteiger partial charge in [0.05, 0.1) is 6.04 Å². The number of ether oxygens (including phenoxy) is 1. The maximum atomic E-state index is 9.59. The van der Waals surface area contributed by atoms with Crippen molar-refractivity contribution in [1.29, 1.82) is 0 Å². The van der Waals surface area contributed by atoms with Crippen LogP contribution in [0.15, 0.2) is 24.4 Å². The molecule has 3 rings (SSSR count). The van der Waals surface area contributed by atoms with E-state index in [0.29, 0.717) is 17.9 Å². The summed E-state index contributed by atoms with van der Waals surface area (Å²) in [5, 5.41) is 9.59. The van der Waals surface area contributed by atoms with E-state index in [2.05, 4.69) is 9.55 Å². The van der Waals surface area contributed by atoms with E-state index in [9.17, 15) is 5.11 Å². The van der Waals surface area contributed by atoms with Crippen LogP contribution in [-0.4, -0.2) is 27.8 Å². The second-order valence-electron chi connectivity index (χ2n) is 4.95. The first-order chi connectivity index (χ1) is 9.69. The summed E-state index contributed by atoms with van der Waals surface area (Å²) in [5.41, 5.74) is 7.73. The Hall–Kier alpha value is -1.50. The summed E-state index contributed by atoms with van der Waals surface area (Å²) >= 11 is 5.35. The van der Waals surface area contributed by atoms with Crippen molar-refractivity contribution in [2.24, 2.45) is 5.73 Å². The molecule has 1 atom stereocenters. The number of H-pyrrole nitrogens is 1. The molecule has 0 amide bonds. The minimum Gasteiger partial charge on any atom is -0.508 e. The second-order valence-corrected chi connectivity index (χ2v) is 5.34. The molecule has 7 heteroatoms. The number of hydrogen-bond donors (Lipinski definition) is 3. The number of phenols is 1. The fourth-order valence-electron chi connectivity index (χ4n) is 2.69. The summed E-state index contributed by atoms with van der Waals surface area (Å²) in [4.78, 5) is 3.07. The monoisotopic (exact) mass is 327 g/mol. The third-order valence-corrected chi connectivity index (χ3v) is 3.90. The molecule has 0 aliphatic carbocycles. The normalized spacial score (nSPS) is 16.7. The topological polar surface area (TPSA) is 76.2 Å². The van der Waals surface area contributed by atoms with Crippen LogP contribution >= 0.6 is 24.6 Å². The van der Waals surface area contributed by atoms with Gasteiger partial charge in [-0.2, -0.15) is 0 Å². The number of aromatic amines is 1. The predicted molar refractivity (Wildman–Crippen MR) is 86.0 cm³/mol. The Morgan fingerprint density at radius 2 is 2.29 bits per heavy atom. The van der Waals surface area contributed by atoms with E-state index in [-0.39, 0.29) is 24.2 Å². The number of rotatable bonds is 3. The van der Waals surface area contributed by atoms with Gasteiger partial charge >= 0.3 is 0 Å². The van der Waals surface area contributed by atoms with E-state index in [1.807, 2.05) is 6.20 Å². The minimum atomic E-state index is 0. The highest BCUT2D eigenvalue weighted by Crippen LogP contribution is 2.32. The number of aromatic hydroxyl groups is 1. The molecule has 1 aromatic heterocycles. The van der Waals surface area contributed by atoms with Crippen LogP contribution in [0.5, 0.6) is 11.5 Å². The first kappa shape index (κ1) is 15.9. The van der Waals surface area contributed by atoms with Gasteiger partial charge < -0.3 is 25.1 Å². The zero-order valence-corrected chi connectivity index (χ0v) is 13.0. The van der Waals surface area contributed by atoms with Crippen molar-refractivity contribution in [3.8, 4) is 11.5 Å². The molecule has 2 heterocycles. The van der Waals surface area contributed by atoms with Crippen LogP contribution < -0.4 is 10.5 Å². The molecule has 4 N–H and O–H groups in total. The zero-order chi connectivity index (χ0) is 14.1. The first-order valence-electron chi connectivity index (χ1n) is 6.62. The quantitative estimate of drug-likeness (QED) is 0.756. The number of nitrogens with zero attached hydrogens (tertiary/aromatic N) is 1. The van der Waals surface area contributed by atoms with E-state index in [1.54, 1.807) is 18.2 Å². The average Bonchev–Trinajstić information content (AvgIpc) is 2.79. The number of imidazole rings is 1. The number of nitrogens with one attached hydrogen (secondary N) is 1. The summed E-state index contributed by atoms with van der Waals surface area (Å²) in [6.07, 6.45) is 3.47. The first-order valence-corrected chi connectivity index (χ1v) is 7.03. The van der Waals surface area contributed by atoms with Gasteiger partial charge in [0.25, 0.3) is 0 Å². The third-order valence-electron chi connectivity index (χ3n) is 3.59. The van der Waals surface area contributed by atoms with Gasteiger partial charge in [-0.3, -0.25) is 0 Å². The highest BCUT2D eigenvalue weighted by molar-refractivity contribution is 7.71. The number of halogens is 1. The number of benzene rings is 1. The molecule has 1 aromatic carbocycles. The molecular formula is C14H18ClN3O2S. The molecular weight excluding hydrogens is 310 g/mol. The van der Waals surface area contributed by atoms with Crippen molar-refractivity contribution in [3.05, 3.63) is 40.4 Å². The zero-order valence-electron chi connectivity index (χ0n) is 11.4. The SMILES string of the molecule is Cl.NCCc1c[nH]c(=S)n1[C@H]1COc2ccc(O)cc2C1. The van der Waals surface area contributed by atoms with Gasteiger partial charge in [-0.05, 0) is 42.5 Å². The number of aromatic nitrogens is 2. The van der Waals surface area contributed by atoms with Crippen molar-refractivity contribution < 1.29 is 9.84 Å². The molecule has 2 aromatic rings. The van der Waals surface area contributed by atoms with Crippen molar-refractivity contribution >= 4 is 24.6 Å². The lowest BCUT2D eigenvalue weighted by Gasteiger charge is -2.27. The van der Waals surface area contributed by atoms with Crippen molar-refractivity contribution in [1.82, 2.24) is 9.55 Å². The van der Waals surface area contributed by atoms with E-state index < -0.39 is 0 Å². The highest BCUT2D eigenvalue weighted by Gasteiger charge is 2.23. The maximum Gasteiger partial charge on any atom is 0.177 e. The van der Waals surface area contributed by atoms with Crippen LogP contribution in [0.25, 0.3) is 0 Å². The predicted octanol–water partition coefficient (Wildman–Crippen LogP) is 2.35. The molecule has 0 spiro atoms. The Labute approximate surface area is 134 Å². The van der Waals surface area contributed by atoms with E-state index in [0.717, 1.165) is 29.8 Å². The van der Waals surface area contributed by atoms with E-state index in [4.69, 9.17) is 22.7 Å². The van der Waals surface area contributed by atoms with Crippen molar-refractivity contribution in [2.45, 2.75) is 18.9 Å². The smallest absolute Gasteiger partial charge is 0.177 e. The molecule has 1 aliphatic rings. The highest BCUT2D eigenvalue weighted by atomic mass is 35.5. The molecule has 114 valence electrons. The van der Waals surface area contributed by atoms with Crippen molar-refractivity contribution in [2.75, 3.05) is 13.2 Å². The number of nitrogens with two attached hydrogens (primary N) is 1. The number of hydrogen-bond acceptors (Lipinski definition) is 4. The largest absolute Gasteiger partial charge is 0.508 e. The minimum absolute atomic E-state index is 0. The van der Waals surface area contributed by atoms with Crippen LogP contribution in [0.2, 0.25) is 0 Å². The summed E-state index contributed by atoms with van der Waals surface area (Å²) < 4.78 is 8.54. The van der Waals surface area contributed by atoms with E-state index >= 15 is 0 Å². The third kappa shape index (κ3) is 3.07. The summed E-state index contributed by atoms with van der Waals surface area (Å²) in [6.45, 7) is 1.15. The number of fused-ring (bicyclic) bond motifs is 1. The molecule has 1 aliphatic heterocycles. The molecule has 0 radical (unpaired) electrons. The molecule has 21 heavy (non-hydrogen) atoms. The van der Waals surface area contributed by atoms with Crippen molar-refractivity contribution in [3.63, 3.8) is 0 Å². The second kappa shape index (κ2) is 6.51. The molecule has 5 nitrogen and oxygen atoms in total. The summed E-state index contributed by atoms with van der Waals surface area (Å²) in [5.74, 6) is 1.09. The van der Waals surface area contributed by atoms with Gasteiger partial charge in [-0.15, -0.1) is 12.4 Å². The van der Waals surface area contributed by atoms with Gasteiger partial charge in [0.15, 0.2) is 4.77 Å².